The predicted octanol–water partition coefficient (Wildman–Crippen LogP) is 4.20. The van der Waals surface area contributed by atoms with Crippen LogP contribution in [0.3, 0.4) is 0 Å². The largest absolute Gasteiger partial charge is 0.209 e. The van der Waals surface area contributed by atoms with Crippen molar-refractivity contribution in [2.45, 2.75) is 56.5 Å². The van der Waals surface area contributed by atoms with Crippen LogP contribution in [0.4, 0.5) is 0 Å². The Bertz CT molecular complexity index is 401. The van der Waals surface area contributed by atoms with E-state index in [-0.39, 0.29) is 0 Å². The summed E-state index contributed by atoms with van der Waals surface area (Å²) in [7, 11) is 0. The Morgan fingerprint density at radius 1 is 1.00 bits per heavy atom. The van der Waals surface area contributed by atoms with E-state index >= 15 is 0 Å². The lowest BCUT2D eigenvalue weighted by molar-refractivity contribution is 0.246. The van der Waals surface area contributed by atoms with Gasteiger partial charge >= 0.3 is 0 Å². The number of nitrogens with one attached hydrogen (secondary N) is 3. The molecule has 2 unspecified atom stereocenters. The second-order valence-electron chi connectivity index (χ2n) is 5.17. The minimum Gasteiger partial charge on any atom is -0.209 e. The molecule has 0 amide bonds. The summed E-state index contributed by atoms with van der Waals surface area (Å²) in [5, 5.41) is 11.2. The summed E-state index contributed by atoms with van der Waals surface area (Å²) in [6.45, 7) is 1.91. The minimum atomic E-state index is -0.608. The normalized spacial score (nSPS) is 37.2. The Balaban J connectivity index is 2.63. The van der Waals surface area contributed by atoms with Crippen molar-refractivity contribution in [3.05, 3.63) is 11.3 Å². The molecule has 0 radical (unpaired) electrons. The molecule has 2 atom stereocenters. The maximum Gasteiger partial charge on any atom is 0.107 e. The molecule has 0 aromatic heterocycles. The van der Waals surface area contributed by atoms with Crippen LogP contribution in [0.1, 0.15) is 45.4 Å². The van der Waals surface area contributed by atoms with Gasteiger partial charge in [0.05, 0.1) is 5.70 Å². The summed E-state index contributed by atoms with van der Waals surface area (Å²) in [4.78, 5) is 0. The van der Waals surface area contributed by atoms with Gasteiger partial charge < -0.3 is 0 Å². The quantitative estimate of drug-likeness (QED) is 0.608. The van der Waals surface area contributed by atoms with Crippen molar-refractivity contribution in [2.24, 2.45) is 15.3 Å². The second-order valence-corrected chi connectivity index (χ2v) is 5.17. The summed E-state index contributed by atoms with van der Waals surface area (Å²) in [5.41, 5.74) is 22.7. The maximum atomic E-state index is 7.51. The summed E-state index contributed by atoms with van der Waals surface area (Å²) in [6, 6.07) is 0. The zero-order valence-corrected chi connectivity index (χ0v) is 10.1. The Labute approximate surface area is 100 Å². The van der Waals surface area contributed by atoms with Gasteiger partial charge in [-0.15, -0.1) is 0 Å². The molecular formula is C11H18N6. The van der Waals surface area contributed by atoms with Gasteiger partial charge in [0.2, 0.25) is 0 Å². The molecule has 2 aliphatic carbocycles. The van der Waals surface area contributed by atoms with Gasteiger partial charge in [-0.05, 0) is 45.4 Å². The average Bonchev–Trinajstić information content (AvgIpc) is 2.38. The first-order valence-corrected chi connectivity index (χ1v) is 6.01. The third kappa shape index (κ3) is 1.62. The SMILES string of the molecule is CC1(N=N)CCCC2(N=N)CCCC(N=N)=C12. The lowest BCUT2D eigenvalue weighted by Gasteiger charge is -2.46. The first-order chi connectivity index (χ1) is 8.12. The highest BCUT2D eigenvalue weighted by Crippen LogP contribution is 2.51. The van der Waals surface area contributed by atoms with E-state index in [9.17, 15) is 0 Å². The van der Waals surface area contributed by atoms with Crippen LogP contribution in [0.2, 0.25) is 0 Å². The maximum absolute atomic E-state index is 7.51. The summed E-state index contributed by atoms with van der Waals surface area (Å²) < 4.78 is 0. The highest BCUT2D eigenvalue weighted by atomic mass is 15.1. The molecule has 92 valence electrons. The molecule has 0 saturated heterocycles. The molecule has 0 heterocycles. The molecule has 2 rings (SSSR count). The van der Waals surface area contributed by atoms with Crippen LogP contribution in [0.5, 0.6) is 0 Å². The zero-order valence-electron chi connectivity index (χ0n) is 10.1. The molecule has 2 aliphatic rings. The number of rotatable bonds is 3. The molecule has 6 nitrogen and oxygen atoms in total. The standard InChI is InChI=1S/C11H18N6/c1-10(16-13)5-3-7-11(17-14)6-2-4-8(15-12)9(10)11/h12-14H,2-7H2,1H3. The fourth-order valence-corrected chi connectivity index (χ4v) is 3.37. The molecule has 0 aliphatic heterocycles. The number of nitrogens with zero attached hydrogens (tertiary/aromatic N) is 3. The van der Waals surface area contributed by atoms with Gasteiger partial charge in [-0.3, -0.25) is 0 Å². The van der Waals surface area contributed by atoms with Crippen molar-refractivity contribution < 1.29 is 0 Å². The van der Waals surface area contributed by atoms with E-state index in [1.165, 1.54) is 0 Å². The van der Waals surface area contributed by atoms with Gasteiger partial charge in [0.1, 0.15) is 11.1 Å². The van der Waals surface area contributed by atoms with E-state index < -0.39 is 11.1 Å². The number of fused-ring (bicyclic) bond motifs is 1. The monoisotopic (exact) mass is 234 g/mol. The van der Waals surface area contributed by atoms with Crippen molar-refractivity contribution in [1.29, 1.82) is 16.6 Å². The van der Waals surface area contributed by atoms with Gasteiger partial charge in [0.25, 0.3) is 0 Å². The molecule has 1 saturated carbocycles. The van der Waals surface area contributed by atoms with Gasteiger partial charge in [-0.2, -0.15) is 15.3 Å². The molecule has 0 aromatic rings. The first kappa shape index (κ1) is 12.0. The number of hydrogen-bond donors (Lipinski definition) is 3. The van der Waals surface area contributed by atoms with Crippen LogP contribution in [0, 0.1) is 16.6 Å². The van der Waals surface area contributed by atoms with Crippen molar-refractivity contribution in [2.75, 3.05) is 0 Å². The minimum absolute atomic E-state index is 0.532. The first-order valence-electron chi connectivity index (χ1n) is 6.01. The van der Waals surface area contributed by atoms with E-state index in [2.05, 4.69) is 15.3 Å². The van der Waals surface area contributed by atoms with Crippen LogP contribution >= 0.6 is 0 Å². The molecule has 6 heteroatoms. The fraction of sp³-hybridized carbons (Fsp3) is 0.818. The lowest BCUT2D eigenvalue weighted by Crippen LogP contribution is -2.46. The van der Waals surface area contributed by atoms with Crippen molar-refractivity contribution >= 4 is 0 Å². The highest BCUT2D eigenvalue weighted by Gasteiger charge is 2.51. The van der Waals surface area contributed by atoms with Crippen LogP contribution in [0.25, 0.3) is 0 Å². The van der Waals surface area contributed by atoms with E-state index in [0.717, 1.165) is 44.1 Å². The average molecular weight is 234 g/mol. The van der Waals surface area contributed by atoms with Crippen molar-refractivity contribution in [3.63, 3.8) is 0 Å². The zero-order chi connectivity index (χ0) is 12.5. The lowest BCUT2D eigenvalue weighted by atomic mass is 9.63. The number of hydrogen-bond acceptors (Lipinski definition) is 6. The molecule has 1 fully saturated rings. The summed E-state index contributed by atoms with van der Waals surface area (Å²) in [6.07, 6.45) is 5.04. The van der Waals surface area contributed by atoms with Crippen LogP contribution in [-0.2, 0) is 0 Å². The summed E-state index contributed by atoms with van der Waals surface area (Å²) >= 11 is 0. The molecular weight excluding hydrogens is 216 g/mol. The summed E-state index contributed by atoms with van der Waals surface area (Å²) in [5.74, 6) is 0. The van der Waals surface area contributed by atoms with E-state index in [0.29, 0.717) is 5.70 Å². The Hall–Kier alpha value is -1.46. The number of allylic oxidation sites excluding steroid dienone is 1. The van der Waals surface area contributed by atoms with Gasteiger partial charge in [-0.25, -0.2) is 16.6 Å². The third-order valence-corrected chi connectivity index (χ3v) is 4.15. The van der Waals surface area contributed by atoms with Crippen LogP contribution in [-0.4, -0.2) is 11.1 Å². The fourth-order valence-electron chi connectivity index (χ4n) is 3.37. The third-order valence-electron chi connectivity index (χ3n) is 4.15. The van der Waals surface area contributed by atoms with E-state index in [1.807, 2.05) is 6.92 Å². The Morgan fingerprint density at radius 3 is 2.29 bits per heavy atom. The van der Waals surface area contributed by atoms with Gasteiger partial charge in [-0.1, -0.05) is 0 Å². The highest BCUT2D eigenvalue weighted by molar-refractivity contribution is 5.39. The Kier molecular flexibility index (Phi) is 2.89. The van der Waals surface area contributed by atoms with Gasteiger partial charge in [0.15, 0.2) is 0 Å². The molecule has 0 aromatic carbocycles. The molecule has 0 bridgehead atoms. The topological polar surface area (TPSA) is 109 Å². The smallest absolute Gasteiger partial charge is 0.107 e. The van der Waals surface area contributed by atoms with Crippen molar-refractivity contribution in [1.82, 2.24) is 0 Å². The molecule has 3 N–H and O–H groups in total. The van der Waals surface area contributed by atoms with E-state index in [1.54, 1.807) is 0 Å². The van der Waals surface area contributed by atoms with Gasteiger partial charge in [0, 0.05) is 5.57 Å². The molecule has 0 spiro atoms. The second kappa shape index (κ2) is 4.09. The van der Waals surface area contributed by atoms with Crippen LogP contribution in [0.15, 0.2) is 26.6 Å². The predicted molar refractivity (Wildman–Crippen MR) is 61.3 cm³/mol. The molecule has 17 heavy (non-hydrogen) atoms. The van der Waals surface area contributed by atoms with Crippen LogP contribution < -0.4 is 0 Å². The van der Waals surface area contributed by atoms with E-state index in [4.69, 9.17) is 16.6 Å². The van der Waals surface area contributed by atoms with Crippen molar-refractivity contribution in [3.8, 4) is 0 Å². The Morgan fingerprint density at radius 2 is 1.71 bits per heavy atom.